The number of amides is 1. The maximum atomic E-state index is 13.7. The quantitative estimate of drug-likeness (QED) is 0.432. The highest BCUT2D eigenvalue weighted by atomic mass is 19.1. The molecule has 2 saturated heterocycles. The molecule has 1 unspecified atom stereocenters. The third-order valence-electron chi connectivity index (χ3n) is 3.00. The van der Waals surface area contributed by atoms with Crippen LogP contribution >= 0.6 is 0 Å². The maximum Gasteiger partial charge on any atom is 0.224 e. The van der Waals surface area contributed by atoms with Crippen molar-refractivity contribution in [2.75, 3.05) is 13.2 Å². The van der Waals surface area contributed by atoms with E-state index in [4.69, 9.17) is 9.84 Å². The normalized spacial score (nSPS) is 43.8. The van der Waals surface area contributed by atoms with Gasteiger partial charge in [0.05, 0.1) is 6.61 Å². The van der Waals surface area contributed by atoms with Gasteiger partial charge in [-0.1, -0.05) is 0 Å². The number of hydrogen-bond donors (Lipinski definition) is 4. The molecular weight excluding hydrogens is 235 g/mol. The van der Waals surface area contributed by atoms with E-state index in [1.54, 1.807) is 0 Å². The molecule has 7 nitrogen and oxygen atoms in total. The standard InChI is InChI=1S/C9H15FN2O5/c10-6-7(15)4(3-13)17-8(6)12-2-1-5(14)11-9(12)16/h4,6-9,13,15-16H,1-3H2,(H,11,14)/t4-,6-,7-,8-,9?/m1/s1. The Labute approximate surface area is 96.8 Å². The van der Waals surface area contributed by atoms with Crippen molar-refractivity contribution in [3.8, 4) is 0 Å². The zero-order valence-corrected chi connectivity index (χ0v) is 8.99. The lowest BCUT2D eigenvalue weighted by Gasteiger charge is -2.36. The number of carbonyl (C=O) groups excluding carboxylic acids is 1. The minimum Gasteiger partial charge on any atom is -0.394 e. The highest BCUT2D eigenvalue weighted by Crippen LogP contribution is 2.28. The fourth-order valence-electron chi connectivity index (χ4n) is 2.04. The van der Waals surface area contributed by atoms with Crippen LogP contribution in [0.15, 0.2) is 0 Å². The fraction of sp³-hybridized carbons (Fsp3) is 0.889. The molecule has 17 heavy (non-hydrogen) atoms. The predicted octanol–water partition coefficient (Wildman–Crippen LogP) is -2.50. The van der Waals surface area contributed by atoms with E-state index in [0.29, 0.717) is 0 Å². The molecule has 0 aromatic rings. The van der Waals surface area contributed by atoms with E-state index in [9.17, 15) is 19.4 Å². The Kier molecular flexibility index (Phi) is 3.59. The summed E-state index contributed by atoms with van der Waals surface area (Å²) >= 11 is 0. The molecular formula is C9H15FN2O5. The molecule has 2 heterocycles. The van der Waals surface area contributed by atoms with Crippen molar-refractivity contribution in [2.45, 2.75) is 37.4 Å². The molecule has 0 bridgehead atoms. The lowest BCUT2D eigenvalue weighted by molar-refractivity contribution is -0.173. The van der Waals surface area contributed by atoms with Gasteiger partial charge in [-0.2, -0.15) is 0 Å². The molecule has 2 rings (SSSR count). The van der Waals surface area contributed by atoms with E-state index in [0.717, 1.165) is 0 Å². The third-order valence-corrected chi connectivity index (χ3v) is 3.00. The number of nitrogens with one attached hydrogen (secondary N) is 1. The van der Waals surface area contributed by atoms with E-state index in [1.165, 1.54) is 4.90 Å². The molecule has 8 heteroatoms. The van der Waals surface area contributed by atoms with Crippen molar-refractivity contribution in [1.29, 1.82) is 0 Å². The number of carbonyl (C=O) groups is 1. The highest BCUT2D eigenvalue weighted by molar-refractivity contribution is 5.76. The van der Waals surface area contributed by atoms with Gasteiger partial charge in [-0.25, -0.2) is 9.29 Å². The molecule has 2 aliphatic heterocycles. The molecule has 4 N–H and O–H groups in total. The lowest BCUT2D eigenvalue weighted by Crippen LogP contribution is -2.59. The Balaban J connectivity index is 2.05. The summed E-state index contributed by atoms with van der Waals surface area (Å²) in [7, 11) is 0. The number of nitrogens with zero attached hydrogens (tertiary/aromatic N) is 1. The number of aliphatic hydroxyl groups is 3. The van der Waals surface area contributed by atoms with Crippen molar-refractivity contribution in [3.05, 3.63) is 0 Å². The Morgan fingerprint density at radius 3 is 2.76 bits per heavy atom. The summed E-state index contributed by atoms with van der Waals surface area (Å²) < 4.78 is 18.8. The SMILES string of the molecule is O=C1CCN([C@@H]2O[C@H](CO)[C@@H](O)[C@H]2F)C(O)N1. The topological polar surface area (TPSA) is 102 Å². The van der Waals surface area contributed by atoms with E-state index >= 15 is 0 Å². The van der Waals surface area contributed by atoms with Crippen LogP contribution in [0.4, 0.5) is 4.39 Å². The van der Waals surface area contributed by atoms with Crippen LogP contribution in [0.3, 0.4) is 0 Å². The van der Waals surface area contributed by atoms with Crippen LogP contribution in [0.5, 0.6) is 0 Å². The van der Waals surface area contributed by atoms with Gasteiger partial charge in [0.15, 0.2) is 12.5 Å². The Bertz CT molecular complexity index is 305. The van der Waals surface area contributed by atoms with E-state index < -0.39 is 37.6 Å². The molecule has 0 saturated carbocycles. The second-order valence-corrected chi connectivity index (χ2v) is 4.11. The molecule has 98 valence electrons. The van der Waals surface area contributed by atoms with Gasteiger partial charge in [0.2, 0.25) is 5.91 Å². The second-order valence-electron chi connectivity index (χ2n) is 4.11. The Morgan fingerprint density at radius 1 is 1.53 bits per heavy atom. The second kappa shape index (κ2) is 4.83. The summed E-state index contributed by atoms with van der Waals surface area (Å²) in [5.74, 6) is -0.332. The average molecular weight is 250 g/mol. The van der Waals surface area contributed by atoms with Gasteiger partial charge >= 0.3 is 0 Å². The van der Waals surface area contributed by atoms with E-state index in [1.807, 2.05) is 0 Å². The lowest BCUT2D eigenvalue weighted by atomic mass is 10.1. The third kappa shape index (κ3) is 2.26. The first-order chi connectivity index (χ1) is 8.04. The predicted molar refractivity (Wildman–Crippen MR) is 52.1 cm³/mol. The largest absolute Gasteiger partial charge is 0.394 e. The number of ether oxygens (including phenoxy) is 1. The monoisotopic (exact) mass is 250 g/mol. The first-order valence-corrected chi connectivity index (χ1v) is 5.36. The van der Waals surface area contributed by atoms with Crippen LogP contribution in [0, 0.1) is 0 Å². The number of halogens is 1. The van der Waals surface area contributed by atoms with Crippen LogP contribution in [0.2, 0.25) is 0 Å². The fourth-order valence-corrected chi connectivity index (χ4v) is 2.04. The number of rotatable bonds is 2. The summed E-state index contributed by atoms with van der Waals surface area (Å²) in [5.41, 5.74) is 0. The molecule has 5 atom stereocenters. The van der Waals surface area contributed by atoms with Crippen LogP contribution in [-0.4, -0.2) is 70.2 Å². The number of aliphatic hydroxyl groups excluding tert-OH is 3. The molecule has 1 amide bonds. The van der Waals surface area contributed by atoms with Crippen LogP contribution in [0.25, 0.3) is 0 Å². The van der Waals surface area contributed by atoms with Crippen molar-refractivity contribution >= 4 is 5.91 Å². The molecule has 0 spiro atoms. The van der Waals surface area contributed by atoms with Crippen LogP contribution < -0.4 is 5.32 Å². The van der Waals surface area contributed by atoms with Crippen molar-refractivity contribution < 1.29 is 29.2 Å². The number of alkyl halides is 1. The van der Waals surface area contributed by atoms with Crippen LogP contribution in [0.1, 0.15) is 6.42 Å². The van der Waals surface area contributed by atoms with Crippen molar-refractivity contribution in [1.82, 2.24) is 10.2 Å². The summed E-state index contributed by atoms with van der Waals surface area (Å²) in [6, 6.07) is 0. The summed E-state index contributed by atoms with van der Waals surface area (Å²) in [6.07, 6.45) is -6.59. The van der Waals surface area contributed by atoms with Gasteiger partial charge < -0.3 is 25.4 Å². The highest BCUT2D eigenvalue weighted by Gasteiger charge is 2.48. The average Bonchev–Trinajstić information content (AvgIpc) is 2.57. The smallest absolute Gasteiger partial charge is 0.224 e. The van der Waals surface area contributed by atoms with Gasteiger partial charge in [0.1, 0.15) is 18.4 Å². The summed E-state index contributed by atoms with van der Waals surface area (Å²) in [4.78, 5) is 12.2. The van der Waals surface area contributed by atoms with Crippen molar-refractivity contribution in [2.24, 2.45) is 0 Å². The van der Waals surface area contributed by atoms with E-state index in [-0.39, 0.29) is 18.9 Å². The van der Waals surface area contributed by atoms with Gasteiger partial charge in [0.25, 0.3) is 0 Å². The molecule has 0 radical (unpaired) electrons. The maximum absolute atomic E-state index is 13.7. The minimum absolute atomic E-state index is 0.115. The zero-order chi connectivity index (χ0) is 12.6. The first kappa shape index (κ1) is 12.7. The molecule has 0 aromatic carbocycles. The summed E-state index contributed by atoms with van der Waals surface area (Å²) in [5, 5.41) is 30.1. The number of hydrogen-bond acceptors (Lipinski definition) is 6. The molecule has 2 aliphatic rings. The van der Waals surface area contributed by atoms with Crippen LogP contribution in [-0.2, 0) is 9.53 Å². The van der Waals surface area contributed by atoms with E-state index in [2.05, 4.69) is 5.32 Å². The summed E-state index contributed by atoms with van der Waals surface area (Å²) in [6.45, 7) is -0.378. The Hall–Kier alpha value is -0.800. The van der Waals surface area contributed by atoms with Gasteiger partial charge in [-0.3, -0.25) is 4.79 Å². The zero-order valence-electron chi connectivity index (χ0n) is 8.99. The van der Waals surface area contributed by atoms with Gasteiger partial charge in [-0.15, -0.1) is 0 Å². The molecule has 0 aromatic heterocycles. The van der Waals surface area contributed by atoms with Crippen molar-refractivity contribution in [3.63, 3.8) is 0 Å². The molecule has 0 aliphatic carbocycles. The van der Waals surface area contributed by atoms with Gasteiger partial charge in [-0.05, 0) is 0 Å². The van der Waals surface area contributed by atoms with Gasteiger partial charge in [0, 0.05) is 13.0 Å². The Morgan fingerprint density at radius 2 is 2.24 bits per heavy atom. The molecule has 2 fully saturated rings. The minimum atomic E-state index is -1.74. The first-order valence-electron chi connectivity index (χ1n) is 5.36.